The van der Waals surface area contributed by atoms with Gasteiger partial charge in [0.2, 0.25) is 5.91 Å². The van der Waals surface area contributed by atoms with E-state index in [4.69, 9.17) is 14.2 Å². The zero-order valence-electron chi connectivity index (χ0n) is 20.2. The van der Waals surface area contributed by atoms with Crippen molar-refractivity contribution in [1.29, 1.82) is 0 Å². The quantitative estimate of drug-likeness (QED) is 0.426. The number of ether oxygens (including phenoxy) is 3. The molecule has 0 radical (unpaired) electrons. The largest absolute Gasteiger partial charge is 0.497 e. The summed E-state index contributed by atoms with van der Waals surface area (Å²) in [7, 11) is -0.973. The van der Waals surface area contributed by atoms with Crippen LogP contribution in [0.2, 0.25) is 0 Å². The second-order valence-corrected chi connectivity index (χ2v) is 9.48. The number of sulfonamides is 1. The van der Waals surface area contributed by atoms with Gasteiger partial charge in [0.1, 0.15) is 23.8 Å². The van der Waals surface area contributed by atoms with Crippen LogP contribution in [0.25, 0.3) is 0 Å². The van der Waals surface area contributed by atoms with Crippen LogP contribution < -0.4 is 23.8 Å². The molecule has 3 rings (SSSR count). The normalized spacial score (nSPS) is 11.9. The Morgan fingerprint density at radius 2 is 1.63 bits per heavy atom. The average Bonchev–Trinajstić information content (AvgIpc) is 2.88. The van der Waals surface area contributed by atoms with Gasteiger partial charge in [-0.3, -0.25) is 9.10 Å². The number of benzene rings is 3. The van der Waals surface area contributed by atoms with Gasteiger partial charge in [0.25, 0.3) is 10.0 Å². The number of carbonyl (C=O) groups is 1. The van der Waals surface area contributed by atoms with Gasteiger partial charge in [-0.05, 0) is 56.3 Å². The van der Waals surface area contributed by atoms with Crippen LogP contribution in [0.1, 0.15) is 25.5 Å². The minimum absolute atomic E-state index is 0.0709. The Morgan fingerprint density at radius 1 is 0.943 bits per heavy atom. The average molecular weight is 499 g/mol. The zero-order chi connectivity index (χ0) is 25.4. The number of methoxy groups -OCH3 is 2. The van der Waals surface area contributed by atoms with Crippen LogP contribution in [0.4, 0.5) is 5.69 Å². The van der Waals surface area contributed by atoms with Crippen molar-refractivity contribution in [3.63, 3.8) is 0 Å². The summed E-state index contributed by atoms with van der Waals surface area (Å²) in [5.74, 6) is 1.06. The molecular formula is C26H30N2O6S. The van der Waals surface area contributed by atoms with Crippen molar-refractivity contribution in [2.45, 2.75) is 24.8 Å². The van der Waals surface area contributed by atoms with Crippen molar-refractivity contribution in [3.05, 3.63) is 78.4 Å². The molecular weight excluding hydrogens is 468 g/mol. The minimum Gasteiger partial charge on any atom is -0.497 e. The lowest BCUT2D eigenvalue weighted by atomic mass is 10.1. The molecule has 0 heterocycles. The highest BCUT2D eigenvalue weighted by Gasteiger charge is 2.30. The predicted molar refractivity (Wildman–Crippen MR) is 135 cm³/mol. The molecule has 186 valence electrons. The fourth-order valence-corrected chi connectivity index (χ4v) is 5.09. The molecule has 0 spiro atoms. The first-order chi connectivity index (χ1) is 16.8. The molecule has 0 fully saturated rings. The molecule has 3 aromatic carbocycles. The highest BCUT2D eigenvalue weighted by atomic mass is 32.2. The Kier molecular flexibility index (Phi) is 8.59. The Morgan fingerprint density at radius 3 is 2.29 bits per heavy atom. The van der Waals surface area contributed by atoms with E-state index < -0.39 is 28.5 Å². The summed E-state index contributed by atoms with van der Waals surface area (Å²) >= 11 is 0. The van der Waals surface area contributed by atoms with E-state index in [2.05, 4.69) is 5.32 Å². The zero-order valence-corrected chi connectivity index (χ0v) is 21.0. The SMILES string of the molecule is CCOc1ccccc1N(CC(=O)N[C@H](C)c1cc(OC)ccc1OC)S(=O)(=O)c1ccccc1. The summed E-state index contributed by atoms with van der Waals surface area (Å²) in [6.07, 6.45) is 0. The Labute approximate surface area is 206 Å². The highest BCUT2D eigenvalue weighted by molar-refractivity contribution is 7.92. The molecule has 3 aromatic rings. The van der Waals surface area contributed by atoms with E-state index in [1.54, 1.807) is 81.8 Å². The molecule has 0 saturated heterocycles. The number of nitrogens with zero attached hydrogens (tertiary/aromatic N) is 1. The molecule has 0 saturated carbocycles. The molecule has 1 amide bonds. The summed E-state index contributed by atoms with van der Waals surface area (Å²) in [6.45, 7) is 3.50. The van der Waals surface area contributed by atoms with Gasteiger partial charge in [-0.2, -0.15) is 0 Å². The van der Waals surface area contributed by atoms with Crippen LogP contribution in [0.15, 0.2) is 77.7 Å². The van der Waals surface area contributed by atoms with E-state index >= 15 is 0 Å². The van der Waals surface area contributed by atoms with Crippen LogP contribution in [0, 0.1) is 0 Å². The first-order valence-corrected chi connectivity index (χ1v) is 12.6. The summed E-state index contributed by atoms with van der Waals surface area (Å²) < 4.78 is 44.7. The maximum Gasteiger partial charge on any atom is 0.264 e. The van der Waals surface area contributed by atoms with Gasteiger partial charge in [-0.25, -0.2) is 8.42 Å². The van der Waals surface area contributed by atoms with Crippen LogP contribution in [-0.4, -0.2) is 41.7 Å². The van der Waals surface area contributed by atoms with E-state index in [1.165, 1.54) is 12.1 Å². The first-order valence-electron chi connectivity index (χ1n) is 11.1. The number of rotatable bonds is 11. The summed E-state index contributed by atoms with van der Waals surface area (Å²) in [6, 6.07) is 19.5. The number of amides is 1. The van der Waals surface area contributed by atoms with Crippen molar-refractivity contribution in [2.75, 3.05) is 31.7 Å². The highest BCUT2D eigenvalue weighted by Crippen LogP contribution is 2.33. The molecule has 0 aromatic heterocycles. The van der Waals surface area contributed by atoms with E-state index in [1.807, 2.05) is 6.92 Å². The van der Waals surface area contributed by atoms with Crippen LogP contribution >= 0.6 is 0 Å². The summed E-state index contributed by atoms with van der Waals surface area (Å²) in [5.41, 5.74) is 0.979. The van der Waals surface area contributed by atoms with Crippen LogP contribution in [0.3, 0.4) is 0 Å². The van der Waals surface area contributed by atoms with Crippen molar-refractivity contribution in [1.82, 2.24) is 5.32 Å². The molecule has 8 nitrogen and oxygen atoms in total. The van der Waals surface area contributed by atoms with E-state index in [0.717, 1.165) is 4.31 Å². The van der Waals surface area contributed by atoms with Crippen molar-refractivity contribution >= 4 is 21.6 Å². The fourth-order valence-electron chi connectivity index (χ4n) is 3.63. The number of hydrogen-bond donors (Lipinski definition) is 1. The van der Waals surface area contributed by atoms with Crippen molar-refractivity contribution < 1.29 is 27.4 Å². The maximum absolute atomic E-state index is 13.6. The molecule has 0 aliphatic rings. The third kappa shape index (κ3) is 6.05. The fraction of sp³-hybridized carbons (Fsp3) is 0.269. The van der Waals surface area contributed by atoms with Crippen LogP contribution in [0.5, 0.6) is 17.2 Å². The van der Waals surface area contributed by atoms with Gasteiger partial charge in [0, 0.05) is 5.56 Å². The number of carbonyl (C=O) groups excluding carboxylic acids is 1. The Bertz CT molecular complexity index is 1250. The molecule has 0 unspecified atom stereocenters. The second-order valence-electron chi connectivity index (χ2n) is 7.62. The van der Waals surface area contributed by atoms with E-state index in [0.29, 0.717) is 29.4 Å². The van der Waals surface area contributed by atoms with E-state index in [-0.39, 0.29) is 10.6 Å². The van der Waals surface area contributed by atoms with Crippen LogP contribution in [-0.2, 0) is 14.8 Å². The molecule has 0 aliphatic carbocycles. The lowest BCUT2D eigenvalue weighted by molar-refractivity contribution is -0.120. The number of hydrogen-bond acceptors (Lipinski definition) is 6. The van der Waals surface area contributed by atoms with Crippen molar-refractivity contribution in [2.24, 2.45) is 0 Å². The first kappa shape index (κ1) is 25.9. The molecule has 1 atom stereocenters. The molecule has 35 heavy (non-hydrogen) atoms. The monoisotopic (exact) mass is 498 g/mol. The number of anilines is 1. The topological polar surface area (TPSA) is 94.2 Å². The molecule has 0 bridgehead atoms. The van der Waals surface area contributed by atoms with Gasteiger partial charge in [-0.1, -0.05) is 30.3 Å². The Balaban J connectivity index is 1.95. The molecule has 9 heteroatoms. The smallest absolute Gasteiger partial charge is 0.264 e. The van der Waals surface area contributed by atoms with E-state index in [9.17, 15) is 13.2 Å². The summed E-state index contributed by atoms with van der Waals surface area (Å²) in [4.78, 5) is 13.3. The standard InChI is InChI=1S/C26H30N2O6S/c1-5-34-25-14-10-9-13-23(25)28(35(30,31)21-11-7-6-8-12-21)18-26(29)27-19(2)22-17-20(32-3)15-16-24(22)33-4/h6-17,19H,5,18H2,1-4H3,(H,27,29)/t19-/m1/s1. The maximum atomic E-state index is 13.6. The lowest BCUT2D eigenvalue weighted by Gasteiger charge is -2.27. The molecule has 1 N–H and O–H groups in total. The van der Waals surface area contributed by atoms with Gasteiger partial charge < -0.3 is 19.5 Å². The van der Waals surface area contributed by atoms with Gasteiger partial charge in [0.05, 0.1) is 37.5 Å². The number of nitrogens with one attached hydrogen (secondary N) is 1. The second kappa shape index (κ2) is 11.6. The van der Waals surface area contributed by atoms with Gasteiger partial charge in [0.15, 0.2) is 0 Å². The predicted octanol–water partition coefficient (Wildman–Crippen LogP) is 4.18. The summed E-state index contributed by atoms with van der Waals surface area (Å²) in [5, 5.41) is 2.88. The lowest BCUT2D eigenvalue weighted by Crippen LogP contribution is -2.41. The van der Waals surface area contributed by atoms with Gasteiger partial charge >= 0.3 is 0 Å². The Hall–Kier alpha value is -3.72. The molecule has 0 aliphatic heterocycles. The van der Waals surface area contributed by atoms with Gasteiger partial charge in [-0.15, -0.1) is 0 Å². The third-order valence-electron chi connectivity index (χ3n) is 5.33. The minimum atomic E-state index is -4.07. The number of para-hydroxylation sites is 2. The van der Waals surface area contributed by atoms with Crippen molar-refractivity contribution in [3.8, 4) is 17.2 Å². The third-order valence-corrected chi connectivity index (χ3v) is 7.11.